The van der Waals surface area contributed by atoms with E-state index in [0.29, 0.717) is 36.6 Å². The number of hydrogen-bond donors (Lipinski definition) is 0. The Morgan fingerprint density at radius 2 is 1.80 bits per heavy atom. The van der Waals surface area contributed by atoms with Crippen LogP contribution in [0.4, 0.5) is 4.39 Å². The lowest BCUT2D eigenvalue weighted by molar-refractivity contribution is -0.131. The first-order valence-corrected chi connectivity index (χ1v) is 10.3. The first-order valence-electron chi connectivity index (χ1n) is 10.3. The lowest BCUT2D eigenvalue weighted by Gasteiger charge is -2.21. The largest absolute Gasteiger partial charge is 0.439 e. The zero-order valence-electron chi connectivity index (χ0n) is 17.9. The van der Waals surface area contributed by atoms with Crippen molar-refractivity contribution in [3.8, 4) is 17.3 Å². The second-order valence-corrected chi connectivity index (χ2v) is 7.49. The standard InChI is InChI=1S/C24H28FN3O2/c1-5-22-21(15-16-23(29)27(4)17(2)3)24(30-20-9-7-6-8-10-20)28(26-22)19-13-11-18(25)12-14-19/h6-14,17H,5,15-16H2,1-4H3. The first kappa shape index (κ1) is 21.6. The number of ether oxygens (including phenoxy) is 1. The van der Waals surface area contributed by atoms with Gasteiger partial charge in [0.15, 0.2) is 0 Å². The van der Waals surface area contributed by atoms with Crippen LogP contribution in [0.15, 0.2) is 54.6 Å². The van der Waals surface area contributed by atoms with Crippen LogP contribution in [0.3, 0.4) is 0 Å². The van der Waals surface area contributed by atoms with Gasteiger partial charge in [-0.2, -0.15) is 5.10 Å². The number of carbonyl (C=O) groups is 1. The molecule has 1 heterocycles. The van der Waals surface area contributed by atoms with Gasteiger partial charge in [0.1, 0.15) is 11.6 Å². The number of aryl methyl sites for hydroxylation is 1. The Bertz CT molecular complexity index is 982. The van der Waals surface area contributed by atoms with Crippen LogP contribution in [-0.4, -0.2) is 33.7 Å². The molecule has 0 N–H and O–H groups in total. The molecule has 6 heteroatoms. The Kier molecular flexibility index (Phi) is 6.87. The van der Waals surface area contributed by atoms with Crippen molar-refractivity contribution in [2.75, 3.05) is 7.05 Å². The van der Waals surface area contributed by atoms with Gasteiger partial charge in [0.25, 0.3) is 0 Å². The van der Waals surface area contributed by atoms with E-state index in [4.69, 9.17) is 9.84 Å². The van der Waals surface area contributed by atoms with Gasteiger partial charge >= 0.3 is 0 Å². The van der Waals surface area contributed by atoms with Crippen molar-refractivity contribution < 1.29 is 13.9 Å². The quantitative estimate of drug-likeness (QED) is 0.516. The summed E-state index contributed by atoms with van der Waals surface area (Å²) >= 11 is 0. The lowest BCUT2D eigenvalue weighted by atomic mass is 10.1. The summed E-state index contributed by atoms with van der Waals surface area (Å²) in [6.07, 6.45) is 1.58. The number of hydrogen-bond acceptors (Lipinski definition) is 3. The van der Waals surface area contributed by atoms with Crippen LogP contribution in [0.5, 0.6) is 11.6 Å². The summed E-state index contributed by atoms with van der Waals surface area (Å²) in [6.45, 7) is 6.01. The minimum Gasteiger partial charge on any atom is -0.439 e. The van der Waals surface area contributed by atoms with E-state index in [1.807, 2.05) is 58.2 Å². The van der Waals surface area contributed by atoms with Crippen molar-refractivity contribution in [2.45, 2.75) is 46.1 Å². The molecule has 1 aromatic heterocycles. The zero-order chi connectivity index (χ0) is 21.7. The zero-order valence-corrected chi connectivity index (χ0v) is 17.9. The van der Waals surface area contributed by atoms with E-state index in [1.54, 1.807) is 21.7 Å². The summed E-state index contributed by atoms with van der Waals surface area (Å²) in [4.78, 5) is 14.3. The van der Waals surface area contributed by atoms with Gasteiger partial charge in [-0.1, -0.05) is 25.1 Å². The van der Waals surface area contributed by atoms with Gasteiger partial charge in [-0.25, -0.2) is 9.07 Å². The predicted octanol–water partition coefficient (Wildman–Crippen LogP) is 5.17. The number of para-hydroxylation sites is 1. The molecule has 158 valence electrons. The molecule has 0 saturated heterocycles. The third-order valence-corrected chi connectivity index (χ3v) is 5.14. The van der Waals surface area contributed by atoms with Gasteiger partial charge in [0.05, 0.1) is 11.4 Å². The van der Waals surface area contributed by atoms with Crippen molar-refractivity contribution in [3.05, 3.63) is 71.7 Å². The molecule has 0 unspecified atom stereocenters. The maximum absolute atomic E-state index is 13.4. The van der Waals surface area contributed by atoms with Gasteiger partial charge < -0.3 is 9.64 Å². The first-order chi connectivity index (χ1) is 14.4. The monoisotopic (exact) mass is 409 g/mol. The van der Waals surface area contributed by atoms with E-state index < -0.39 is 0 Å². The average Bonchev–Trinajstić information content (AvgIpc) is 3.09. The molecule has 1 amide bonds. The van der Waals surface area contributed by atoms with Crippen LogP contribution in [0.25, 0.3) is 5.69 Å². The van der Waals surface area contributed by atoms with Crippen molar-refractivity contribution in [1.29, 1.82) is 0 Å². The van der Waals surface area contributed by atoms with Gasteiger partial charge in [-0.15, -0.1) is 0 Å². The summed E-state index contributed by atoms with van der Waals surface area (Å²) < 4.78 is 21.4. The van der Waals surface area contributed by atoms with Crippen molar-refractivity contribution in [2.24, 2.45) is 0 Å². The number of nitrogens with zero attached hydrogens (tertiary/aromatic N) is 3. The number of rotatable bonds is 8. The summed E-state index contributed by atoms with van der Waals surface area (Å²) in [5.74, 6) is 1.00. The second-order valence-electron chi connectivity index (χ2n) is 7.49. The summed E-state index contributed by atoms with van der Waals surface area (Å²) in [6, 6.07) is 15.7. The molecule has 0 fully saturated rings. The van der Waals surface area contributed by atoms with E-state index in [9.17, 15) is 9.18 Å². The number of benzene rings is 2. The predicted molar refractivity (Wildman–Crippen MR) is 116 cm³/mol. The van der Waals surface area contributed by atoms with E-state index >= 15 is 0 Å². The fourth-order valence-electron chi connectivity index (χ4n) is 3.17. The minimum absolute atomic E-state index is 0.0762. The smallest absolute Gasteiger partial charge is 0.226 e. The molecule has 2 aromatic carbocycles. The minimum atomic E-state index is -0.310. The Balaban J connectivity index is 2.00. The van der Waals surface area contributed by atoms with Crippen LogP contribution in [0.2, 0.25) is 0 Å². The van der Waals surface area contributed by atoms with Gasteiger partial charge in [0.2, 0.25) is 11.8 Å². The van der Waals surface area contributed by atoms with Crippen LogP contribution in [-0.2, 0) is 17.6 Å². The SMILES string of the molecule is CCc1nn(-c2ccc(F)cc2)c(Oc2ccccc2)c1CCC(=O)N(C)C(C)C. The van der Waals surface area contributed by atoms with E-state index in [-0.39, 0.29) is 17.8 Å². The second kappa shape index (κ2) is 9.57. The third-order valence-electron chi connectivity index (χ3n) is 5.14. The molecule has 3 aromatic rings. The highest BCUT2D eigenvalue weighted by Gasteiger charge is 2.22. The van der Waals surface area contributed by atoms with Gasteiger partial charge in [-0.3, -0.25) is 4.79 Å². The highest BCUT2D eigenvalue weighted by molar-refractivity contribution is 5.76. The highest BCUT2D eigenvalue weighted by atomic mass is 19.1. The van der Waals surface area contributed by atoms with E-state index in [2.05, 4.69) is 0 Å². The Morgan fingerprint density at radius 3 is 2.40 bits per heavy atom. The number of aromatic nitrogens is 2. The molecular formula is C24H28FN3O2. The van der Waals surface area contributed by atoms with Crippen molar-refractivity contribution in [1.82, 2.24) is 14.7 Å². The molecule has 0 radical (unpaired) electrons. The molecule has 5 nitrogen and oxygen atoms in total. The van der Waals surface area contributed by atoms with Gasteiger partial charge in [0, 0.05) is 25.1 Å². The molecule has 0 saturated carbocycles. The van der Waals surface area contributed by atoms with E-state index in [1.165, 1.54) is 12.1 Å². The maximum atomic E-state index is 13.4. The molecule has 30 heavy (non-hydrogen) atoms. The summed E-state index contributed by atoms with van der Waals surface area (Å²) in [5.41, 5.74) is 2.47. The molecule has 0 aliphatic rings. The van der Waals surface area contributed by atoms with Crippen LogP contribution < -0.4 is 4.74 Å². The molecule has 0 spiro atoms. The Morgan fingerprint density at radius 1 is 1.13 bits per heavy atom. The fourth-order valence-corrected chi connectivity index (χ4v) is 3.17. The molecule has 0 aliphatic carbocycles. The topological polar surface area (TPSA) is 47.4 Å². The third kappa shape index (κ3) is 4.87. The van der Waals surface area contributed by atoms with E-state index in [0.717, 1.165) is 11.3 Å². The molecule has 0 bridgehead atoms. The number of amides is 1. The maximum Gasteiger partial charge on any atom is 0.226 e. The molecular weight excluding hydrogens is 381 g/mol. The van der Waals surface area contributed by atoms with Gasteiger partial charge in [-0.05, 0) is 63.1 Å². The highest BCUT2D eigenvalue weighted by Crippen LogP contribution is 2.32. The molecule has 0 aliphatic heterocycles. The molecule has 0 atom stereocenters. The summed E-state index contributed by atoms with van der Waals surface area (Å²) in [7, 11) is 1.82. The van der Waals surface area contributed by atoms with Crippen LogP contribution >= 0.6 is 0 Å². The van der Waals surface area contributed by atoms with Crippen molar-refractivity contribution >= 4 is 5.91 Å². The Labute approximate surface area is 177 Å². The van der Waals surface area contributed by atoms with Crippen LogP contribution in [0.1, 0.15) is 38.4 Å². The fraction of sp³-hybridized carbons (Fsp3) is 0.333. The summed E-state index contributed by atoms with van der Waals surface area (Å²) in [5, 5.41) is 4.73. The normalized spacial score (nSPS) is 11.0. The lowest BCUT2D eigenvalue weighted by Crippen LogP contribution is -2.33. The van der Waals surface area contributed by atoms with Crippen LogP contribution in [0, 0.1) is 5.82 Å². The average molecular weight is 410 g/mol. The Hall–Kier alpha value is -3.15. The molecule has 3 rings (SSSR count). The number of halogens is 1. The number of carbonyl (C=O) groups excluding carboxylic acids is 1. The van der Waals surface area contributed by atoms with Crippen molar-refractivity contribution in [3.63, 3.8) is 0 Å².